The molecule has 0 aliphatic carbocycles. The van der Waals surface area contributed by atoms with Gasteiger partial charge in [0.1, 0.15) is 17.1 Å². The molecule has 4 rings (SSSR count). The van der Waals surface area contributed by atoms with Gasteiger partial charge < -0.3 is 15.5 Å². The average Bonchev–Trinajstić information content (AvgIpc) is 2.76. The Bertz CT molecular complexity index is 993. The molecule has 7 nitrogen and oxygen atoms in total. The molecule has 1 fully saturated rings. The topological polar surface area (TPSA) is 107 Å². The lowest BCUT2D eigenvalue weighted by Gasteiger charge is -2.49. The van der Waals surface area contributed by atoms with Crippen LogP contribution in [-0.4, -0.2) is 50.1 Å². The molecule has 1 saturated heterocycles. The van der Waals surface area contributed by atoms with Crippen LogP contribution in [-0.2, 0) is 14.4 Å². The maximum Gasteiger partial charge on any atom is 0.352 e. The number of carbonyl (C=O) groups excluding carboxylic acids is 2. The molecule has 2 aliphatic heterocycles. The number of aliphatic carboxylic acids is 1. The van der Waals surface area contributed by atoms with Crippen molar-refractivity contribution in [2.24, 2.45) is 0 Å². The molecule has 2 aromatic rings. The molecule has 2 aromatic carbocycles. The van der Waals surface area contributed by atoms with E-state index in [2.05, 4.69) is 5.32 Å². The SMILES string of the molecule is O=C(O)C1=C(c2ccccc2)CS[C@H]2C(NC(=O)C(O)c3ccccc3)C(=O)N12. The van der Waals surface area contributed by atoms with Gasteiger partial charge in [0, 0.05) is 11.3 Å². The molecule has 2 amide bonds. The number of aliphatic hydroxyl groups is 1. The lowest BCUT2D eigenvalue weighted by Crippen LogP contribution is -2.70. The van der Waals surface area contributed by atoms with Gasteiger partial charge in [-0.2, -0.15) is 0 Å². The summed E-state index contributed by atoms with van der Waals surface area (Å²) >= 11 is 1.39. The minimum atomic E-state index is -1.40. The highest BCUT2D eigenvalue weighted by atomic mass is 32.2. The monoisotopic (exact) mass is 410 g/mol. The number of fused-ring (bicyclic) bond motifs is 1. The number of carboxylic acid groups (broad SMARTS) is 1. The summed E-state index contributed by atoms with van der Waals surface area (Å²) in [5, 5.41) is 22.0. The van der Waals surface area contributed by atoms with Crippen LogP contribution in [0.5, 0.6) is 0 Å². The number of benzene rings is 2. The molecule has 0 bridgehead atoms. The van der Waals surface area contributed by atoms with Crippen molar-refractivity contribution < 1.29 is 24.6 Å². The molecule has 3 N–H and O–H groups in total. The van der Waals surface area contributed by atoms with Gasteiger partial charge in [-0.05, 0) is 11.1 Å². The summed E-state index contributed by atoms with van der Waals surface area (Å²) in [6, 6.07) is 16.6. The summed E-state index contributed by atoms with van der Waals surface area (Å²) in [7, 11) is 0. The van der Waals surface area contributed by atoms with Crippen molar-refractivity contribution in [3.8, 4) is 0 Å². The highest BCUT2D eigenvalue weighted by Crippen LogP contribution is 2.43. The predicted octanol–water partition coefficient (Wildman–Crippen LogP) is 1.62. The first-order valence-corrected chi connectivity index (χ1v) is 10.0. The van der Waals surface area contributed by atoms with E-state index in [0.717, 1.165) is 5.56 Å². The Balaban J connectivity index is 1.54. The molecule has 2 heterocycles. The Morgan fingerprint density at radius 2 is 1.69 bits per heavy atom. The van der Waals surface area contributed by atoms with Crippen LogP contribution in [0.2, 0.25) is 0 Å². The van der Waals surface area contributed by atoms with Crippen molar-refractivity contribution in [2.45, 2.75) is 17.5 Å². The van der Waals surface area contributed by atoms with E-state index in [0.29, 0.717) is 16.9 Å². The second kappa shape index (κ2) is 7.73. The number of nitrogens with one attached hydrogen (secondary N) is 1. The zero-order valence-electron chi connectivity index (χ0n) is 15.2. The average molecular weight is 410 g/mol. The summed E-state index contributed by atoms with van der Waals surface area (Å²) in [6.07, 6.45) is -1.40. The number of hydrogen-bond donors (Lipinski definition) is 3. The molecular weight excluding hydrogens is 392 g/mol. The lowest BCUT2D eigenvalue weighted by atomic mass is 9.98. The third-order valence-corrected chi connectivity index (χ3v) is 6.23. The second-order valence-corrected chi connectivity index (χ2v) is 7.81. The zero-order valence-corrected chi connectivity index (χ0v) is 16.0. The Morgan fingerprint density at radius 1 is 1.07 bits per heavy atom. The molecule has 2 unspecified atom stereocenters. The van der Waals surface area contributed by atoms with Gasteiger partial charge in [-0.15, -0.1) is 11.8 Å². The third kappa shape index (κ3) is 3.41. The largest absolute Gasteiger partial charge is 0.477 e. The molecular formula is C21H18N2O5S. The van der Waals surface area contributed by atoms with Crippen LogP contribution >= 0.6 is 11.8 Å². The fourth-order valence-corrected chi connectivity index (χ4v) is 4.87. The quantitative estimate of drug-likeness (QED) is 0.647. The second-order valence-electron chi connectivity index (χ2n) is 6.71. The molecule has 0 radical (unpaired) electrons. The maximum absolute atomic E-state index is 12.7. The van der Waals surface area contributed by atoms with Gasteiger partial charge in [-0.1, -0.05) is 60.7 Å². The van der Waals surface area contributed by atoms with E-state index < -0.39 is 35.3 Å². The van der Waals surface area contributed by atoms with Gasteiger partial charge in [0.05, 0.1) is 0 Å². The van der Waals surface area contributed by atoms with E-state index in [9.17, 15) is 24.6 Å². The molecule has 0 spiro atoms. The summed E-state index contributed by atoms with van der Waals surface area (Å²) in [6.45, 7) is 0. The molecule has 3 atom stereocenters. The number of carboxylic acids is 1. The first kappa shape index (κ1) is 19.2. The Labute approximate surface area is 171 Å². The fraction of sp³-hybridized carbons (Fsp3) is 0.190. The lowest BCUT2D eigenvalue weighted by molar-refractivity contribution is -0.151. The van der Waals surface area contributed by atoms with Crippen molar-refractivity contribution in [3.05, 3.63) is 77.5 Å². The van der Waals surface area contributed by atoms with E-state index in [-0.39, 0.29) is 5.70 Å². The number of carbonyl (C=O) groups is 3. The number of nitrogens with zero attached hydrogens (tertiary/aromatic N) is 1. The summed E-state index contributed by atoms with van der Waals surface area (Å²) < 4.78 is 0. The number of amides is 2. The summed E-state index contributed by atoms with van der Waals surface area (Å²) in [5.74, 6) is -1.98. The molecule has 8 heteroatoms. The van der Waals surface area contributed by atoms with Crippen LogP contribution in [0.4, 0.5) is 0 Å². The number of aliphatic hydroxyl groups excluding tert-OH is 1. The first-order valence-electron chi connectivity index (χ1n) is 8.99. The zero-order chi connectivity index (χ0) is 20.5. The van der Waals surface area contributed by atoms with Gasteiger partial charge >= 0.3 is 5.97 Å². The number of β-lactam (4-membered cyclic amide) rings is 1. The predicted molar refractivity (Wildman–Crippen MR) is 107 cm³/mol. The van der Waals surface area contributed by atoms with Gasteiger partial charge in [0.15, 0.2) is 6.10 Å². The molecule has 148 valence electrons. The van der Waals surface area contributed by atoms with E-state index in [1.54, 1.807) is 42.5 Å². The summed E-state index contributed by atoms with van der Waals surface area (Å²) in [5.41, 5.74) is 1.68. The van der Waals surface area contributed by atoms with Gasteiger partial charge in [0.2, 0.25) is 0 Å². The molecule has 0 aromatic heterocycles. The Morgan fingerprint density at radius 3 is 2.31 bits per heavy atom. The maximum atomic E-state index is 12.7. The van der Waals surface area contributed by atoms with Crippen LogP contribution in [0.3, 0.4) is 0 Å². The number of rotatable bonds is 5. The third-order valence-electron chi connectivity index (χ3n) is 4.95. The highest BCUT2D eigenvalue weighted by Gasteiger charge is 2.54. The fourth-order valence-electron chi connectivity index (χ4n) is 3.50. The van der Waals surface area contributed by atoms with Crippen molar-refractivity contribution in [3.63, 3.8) is 0 Å². The highest BCUT2D eigenvalue weighted by molar-refractivity contribution is 8.00. The van der Waals surface area contributed by atoms with E-state index in [4.69, 9.17) is 0 Å². The van der Waals surface area contributed by atoms with Crippen LogP contribution in [0, 0.1) is 0 Å². The van der Waals surface area contributed by atoms with Gasteiger partial charge in [-0.3, -0.25) is 14.5 Å². The van der Waals surface area contributed by atoms with Crippen LogP contribution in [0.15, 0.2) is 66.4 Å². The van der Waals surface area contributed by atoms with Crippen LogP contribution in [0.25, 0.3) is 5.57 Å². The molecule has 2 aliphatic rings. The van der Waals surface area contributed by atoms with E-state index >= 15 is 0 Å². The van der Waals surface area contributed by atoms with E-state index in [1.807, 2.05) is 18.2 Å². The Hall–Kier alpha value is -3.10. The van der Waals surface area contributed by atoms with Crippen molar-refractivity contribution in [2.75, 3.05) is 5.75 Å². The first-order chi connectivity index (χ1) is 14.0. The van der Waals surface area contributed by atoms with Crippen molar-refractivity contribution >= 4 is 35.1 Å². The van der Waals surface area contributed by atoms with Gasteiger partial charge in [-0.25, -0.2) is 4.79 Å². The standard InChI is InChI=1S/C21H18N2O5S/c24-17(13-9-5-2-6-10-13)18(25)22-15-19(26)23-16(21(27)28)14(11-29-20(15)23)12-7-3-1-4-8-12/h1-10,15,17,20,24H,11H2,(H,22,25)(H,27,28)/t15?,17?,20-/m0/s1. The van der Waals surface area contributed by atoms with Crippen LogP contribution in [0.1, 0.15) is 17.2 Å². The Kier molecular flexibility index (Phi) is 5.12. The van der Waals surface area contributed by atoms with Crippen LogP contribution < -0.4 is 5.32 Å². The van der Waals surface area contributed by atoms with E-state index in [1.165, 1.54) is 16.7 Å². The number of hydrogen-bond acceptors (Lipinski definition) is 5. The molecule has 29 heavy (non-hydrogen) atoms. The number of thioether (sulfide) groups is 1. The van der Waals surface area contributed by atoms with Crippen molar-refractivity contribution in [1.29, 1.82) is 0 Å². The smallest absolute Gasteiger partial charge is 0.352 e. The molecule has 0 saturated carbocycles. The minimum Gasteiger partial charge on any atom is -0.477 e. The normalized spacial score (nSPS) is 21.8. The summed E-state index contributed by atoms with van der Waals surface area (Å²) in [4.78, 5) is 38.2. The van der Waals surface area contributed by atoms with Crippen molar-refractivity contribution in [1.82, 2.24) is 10.2 Å². The van der Waals surface area contributed by atoms with Gasteiger partial charge in [0.25, 0.3) is 11.8 Å². The minimum absolute atomic E-state index is 0.0564.